The fraction of sp³-hybridized carbons (Fsp3) is 0.300. The molecule has 3 rings (SSSR count). The fourth-order valence-corrected chi connectivity index (χ4v) is 4.35. The van der Waals surface area contributed by atoms with Crippen molar-refractivity contribution in [2.75, 3.05) is 23.3 Å². The van der Waals surface area contributed by atoms with Gasteiger partial charge >= 0.3 is 0 Å². The number of nitrogens with zero attached hydrogens (tertiary/aromatic N) is 2. The molecule has 0 spiro atoms. The Morgan fingerprint density at radius 2 is 1.79 bits per heavy atom. The normalized spacial score (nSPS) is 13.3. The van der Waals surface area contributed by atoms with Gasteiger partial charge < -0.3 is 10.2 Å². The fourth-order valence-electron chi connectivity index (χ4n) is 3.46. The summed E-state index contributed by atoms with van der Waals surface area (Å²) in [6.45, 7) is 5.44. The number of hydrogen-bond donors (Lipinski definition) is 2. The van der Waals surface area contributed by atoms with Crippen LogP contribution in [0.2, 0.25) is 0 Å². The number of benzene rings is 2. The van der Waals surface area contributed by atoms with Crippen molar-refractivity contribution in [3.63, 3.8) is 0 Å². The van der Waals surface area contributed by atoms with E-state index in [0.29, 0.717) is 5.69 Å². The van der Waals surface area contributed by atoms with Crippen LogP contribution >= 0.6 is 28.1 Å². The van der Waals surface area contributed by atoms with Crippen molar-refractivity contribution in [2.45, 2.75) is 26.7 Å². The lowest BCUT2D eigenvalue weighted by Gasteiger charge is -2.18. The van der Waals surface area contributed by atoms with E-state index in [4.69, 9.17) is 12.2 Å². The predicted molar refractivity (Wildman–Crippen MR) is 122 cm³/mol. The van der Waals surface area contributed by atoms with Crippen LogP contribution in [0, 0.1) is 24.0 Å². The molecule has 1 fully saturated rings. The molecular weight excluding hydrogens is 456 g/mol. The van der Waals surface area contributed by atoms with E-state index >= 15 is 0 Å². The molecular formula is C20H21BrN4O3S. The molecule has 1 heterocycles. The van der Waals surface area contributed by atoms with Gasteiger partial charge in [0, 0.05) is 34.9 Å². The van der Waals surface area contributed by atoms with E-state index in [-0.39, 0.29) is 16.4 Å². The van der Waals surface area contributed by atoms with E-state index in [2.05, 4.69) is 26.6 Å². The highest BCUT2D eigenvalue weighted by atomic mass is 79.9. The summed E-state index contributed by atoms with van der Waals surface area (Å²) in [6, 6.07) is 8.43. The van der Waals surface area contributed by atoms with Gasteiger partial charge in [0.2, 0.25) is 0 Å². The number of anilines is 2. The second-order valence-corrected chi connectivity index (χ2v) is 8.30. The van der Waals surface area contributed by atoms with Gasteiger partial charge in [-0.05, 0) is 74.3 Å². The minimum Gasteiger partial charge on any atom is -0.366 e. The Labute approximate surface area is 182 Å². The maximum absolute atomic E-state index is 12.6. The Morgan fingerprint density at radius 3 is 2.38 bits per heavy atom. The third-order valence-electron chi connectivity index (χ3n) is 4.84. The van der Waals surface area contributed by atoms with Crippen LogP contribution in [-0.2, 0) is 0 Å². The van der Waals surface area contributed by atoms with Gasteiger partial charge in [0.1, 0.15) is 5.69 Å². The molecule has 0 aliphatic carbocycles. The molecule has 0 saturated carbocycles. The molecule has 152 valence electrons. The van der Waals surface area contributed by atoms with Crippen molar-refractivity contribution in [2.24, 2.45) is 0 Å². The maximum Gasteiger partial charge on any atom is 0.293 e. The van der Waals surface area contributed by atoms with Gasteiger partial charge in [0.25, 0.3) is 11.6 Å². The topological polar surface area (TPSA) is 87.5 Å². The first-order valence-electron chi connectivity index (χ1n) is 9.18. The molecule has 0 aromatic heterocycles. The molecule has 1 aliphatic rings. The summed E-state index contributed by atoms with van der Waals surface area (Å²) in [5.41, 5.74) is 3.42. The lowest BCUT2D eigenvalue weighted by Crippen LogP contribution is -2.34. The van der Waals surface area contributed by atoms with Crippen LogP contribution in [-0.4, -0.2) is 29.0 Å². The first-order valence-corrected chi connectivity index (χ1v) is 10.4. The maximum atomic E-state index is 12.6. The first kappa shape index (κ1) is 21.2. The summed E-state index contributed by atoms with van der Waals surface area (Å²) in [5, 5.41) is 17.3. The third kappa shape index (κ3) is 4.91. The lowest BCUT2D eigenvalue weighted by atomic mass is 10.1. The van der Waals surface area contributed by atoms with Crippen LogP contribution < -0.4 is 15.5 Å². The predicted octanol–water partition coefficient (Wildman–Crippen LogP) is 4.70. The van der Waals surface area contributed by atoms with Crippen LogP contribution in [0.15, 0.2) is 34.8 Å². The summed E-state index contributed by atoms with van der Waals surface area (Å²) in [7, 11) is 0. The van der Waals surface area contributed by atoms with Crippen molar-refractivity contribution in [1.82, 2.24) is 5.32 Å². The SMILES string of the molecule is Cc1cc(Br)cc(C)c1NC(=S)NC(=O)c1ccc(N2CCCC2)c([N+](=O)[O-])c1. The molecule has 29 heavy (non-hydrogen) atoms. The number of carbonyl (C=O) groups is 1. The molecule has 0 radical (unpaired) electrons. The molecule has 1 aliphatic heterocycles. The quantitative estimate of drug-likeness (QED) is 0.377. The molecule has 0 atom stereocenters. The summed E-state index contributed by atoms with van der Waals surface area (Å²) in [6.07, 6.45) is 2.02. The Bertz CT molecular complexity index is 967. The van der Waals surface area contributed by atoms with Crippen molar-refractivity contribution in [3.8, 4) is 0 Å². The van der Waals surface area contributed by atoms with Crippen LogP contribution in [0.3, 0.4) is 0 Å². The second-order valence-electron chi connectivity index (χ2n) is 6.98. The number of amides is 1. The largest absolute Gasteiger partial charge is 0.366 e. The average Bonchev–Trinajstić information content (AvgIpc) is 3.18. The zero-order valence-electron chi connectivity index (χ0n) is 16.1. The minimum absolute atomic E-state index is 0.0713. The number of rotatable bonds is 4. The third-order valence-corrected chi connectivity index (χ3v) is 5.51. The number of thiocarbonyl (C=S) groups is 1. The standard InChI is InChI=1S/C20H21BrN4O3S/c1-12-9-15(21)10-13(2)18(12)22-20(29)23-19(26)14-5-6-16(17(11-14)25(27)28)24-7-3-4-8-24/h5-6,9-11H,3-4,7-8H2,1-2H3,(H2,22,23,26,29). The van der Waals surface area contributed by atoms with Gasteiger partial charge in [-0.15, -0.1) is 0 Å². The highest BCUT2D eigenvalue weighted by Crippen LogP contribution is 2.31. The zero-order valence-corrected chi connectivity index (χ0v) is 18.5. The van der Waals surface area contributed by atoms with Crippen molar-refractivity contribution in [3.05, 3.63) is 61.6 Å². The summed E-state index contributed by atoms with van der Waals surface area (Å²) in [4.78, 5) is 25.6. The van der Waals surface area contributed by atoms with Crippen LogP contribution in [0.5, 0.6) is 0 Å². The van der Waals surface area contributed by atoms with Gasteiger partial charge in [-0.25, -0.2) is 0 Å². The molecule has 2 aromatic rings. The number of halogens is 1. The second kappa shape index (κ2) is 8.87. The van der Waals surface area contributed by atoms with Crippen molar-refractivity contribution < 1.29 is 9.72 Å². The summed E-state index contributed by atoms with van der Waals surface area (Å²) < 4.78 is 0.957. The Kier molecular flexibility index (Phi) is 6.49. The van der Waals surface area contributed by atoms with Crippen LogP contribution in [0.1, 0.15) is 34.3 Å². The lowest BCUT2D eigenvalue weighted by molar-refractivity contribution is -0.384. The summed E-state index contributed by atoms with van der Waals surface area (Å²) >= 11 is 8.71. The summed E-state index contributed by atoms with van der Waals surface area (Å²) in [5.74, 6) is -0.494. The number of aryl methyl sites for hydroxylation is 2. The number of nitro groups is 1. The molecule has 2 aromatic carbocycles. The first-order chi connectivity index (χ1) is 13.8. The monoisotopic (exact) mass is 476 g/mol. The molecule has 7 nitrogen and oxygen atoms in total. The highest BCUT2D eigenvalue weighted by Gasteiger charge is 2.24. The smallest absolute Gasteiger partial charge is 0.293 e. The Morgan fingerprint density at radius 1 is 1.17 bits per heavy atom. The van der Waals surface area contributed by atoms with Crippen LogP contribution in [0.25, 0.3) is 0 Å². The van der Waals surface area contributed by atoms with Gasteiger partial charge in [-0.2, -0.15) is 0 Å². The average molecular weight is 477 g/mol. The Balaban J connectivity index is 1.76. The zero-order chi connectivity index (χ0) is 21.1. The van der Waals surface area contributed by atoms with E-state index in [0.717, 1.165) is 47.2 Å². The highest BCUT2D eigenvalue weighted by molar-refractivity contribution is 9.10. The molecule has 0 unspecified atom stereocenters. The van der Waals surface area contributed by atoms with Gasteiger partial charge in [0.05, 0.1) is 4.92 Å². The molecule has 0 bridgehead atoms. The van der Waals surface area contributed by atoms with Crippen molar-refractivity contribution in [1.29, 1.82) is 0 Å². The number of carbonyl (C=O) groups excluding carboxylic acids is 1. The van der Waals surface area contributed by atoms with E-state index in [1.54, 1.807) is 12.1 Å². The number of nitro benzene ring substituents is 1. The van der Waals surface area contributed by atoms with Gasteiger partial charge in [-0.3, -0.25) is 20.2 Å². The molecule has 1 amide bonds. The van der Waals surface area contributed by atoms with Gasteiger partial charge in [0.15, 0.2) is 5.11 Å². The van der Waals surface area contributed by atoms with Gasteiger partial charge in [-0.1, -0.05) is 15.9 Å². The Hall–Kier alpha value is -2.52. The number of nitrogens with one attached hydrogen (secondary N) is 2. The van der Waals surface area contributed by atoms with E-state index in [9.17, 15) is 14.9 Å². The van der Waals surface area contributed by atoms with E-state index in [1.807, 2.05) is 30.9 Å². The van der Waals surface area contributed by atoms with E-state index < -0.39 is 10.8 Å². The molecule has 2 N–H and O–H groups in total. The molecule has 9 heteroatoms. The number of hydrogen-bond acceptors (Lipinski definition) is 5. The van der Waals surface area contributed by atoms with Crippen molar-refractivity contribution >= 4 is 56.2 Å². The van der Waals surface area contributed by atoms with Crippen LogP contribution in [0.4, 0.5) is 17.1 Å². The van der Waals surface area contributed by atoms with E-state index in [1.165, 1.54) is 6.07 Å². The molecule has 1 saturated heterocycles. The minimum atomic E-state index is -0.494.